The van der Waals surface area contributed by atoms with Crippen molar-refractivity contribution in [3.8, 4) is 0 Å². The molecule has 0 saturated carbocycles. The summed E-state index contributed by atoms with van der Waals surface area (Å²) in [5.41, 5.74) is 0. The fraction of sp³-hybridized carbons (Fsp3) is 0. The van der Waals surface area contributed by atoms with Gasteiger partial charge in [0.2, 0.25) is 0 Å². The second kappa shape index (κ2) is 1.55. The van der Waals surface area contributed by atoms with Gasteiger partial charge in [-0.25, -0.2) is 0 Å². The number of hydrogen-bond donors (Lipinski definition) is 1. The molecule has 0 unspecified atom stereocenters. The Morgan fingerprint density at radius 1 is 2.00 bits per heavy atom. The maximum absolute atomic E-state index is 9.22. The molecule has 21 valence electrons. The third-order valence-corrected chi connectivity index (χ3v) is 0. The first-order chi connectivity index (χ1) is 1.73. The third-order valence-electron chi connectivity index (χ3n) is 0. The van der Waals surface area contributed by atoms with Gasteiger partial charge in [0, 0.05) is 0 Å². The van der Waals surface area contributed by atoms with E-state index in [1.807, 2.05) is 0 Å². The lowest BCUT2D eigenvalue weighted by atomic mass is 11.8. The molecule has 0 bridgehead atoms. The highest BCUT2D eigenvalue weighted by atomic mass is 32.1. The zero-order valence-electron chi connectivity index (χ0n) is 1.86. The zero-order valence-corrected chi connectivity index (χ0v) is 3.75. The molecule has 0 aromatic heterocycles. The van der Waals surface area contributed by atoms with Crippen molar-refractivity contribution in [1.29, 1.82) is 0 Å². The van der Waals surface area contributed by atoms with Crippen LogP contribution in [0, 0.1) is 0 Å². The van der Waals surface area contributed by atoms with Crippen molar-refractivity contribution < 1.29 is 4.79 Å². The standard InChI is InChI=1S/CHOSSi/c2-1(3)4/h(H,2,3). The molecule has 0 aliphatic carbocycles. The predicted octanol–water partition coefficient (Wildman–Crippen LogP) is 0.205. The topological polar surface area (TPSA) is 17.1 Å². The van der Waals surface area contributed by atoms with Crippen molar-refractivity contribution in [3.63, 3.8) is 0 Å². The van der Waals surface area contributed by atoms with E-state index in [1.54, 1.807) is 0 Å². The molecule has 0 spiro atoms. The van der Waals surface area contributed by atoms with Crippen molar-refractivity contribution in [2.45, 2.75) is 0 Å². The van der Waals surface area contributed by atoms with Crippen LogP contribution in [0.4, 0.5) is 4.79 Å². The second-order valence-corrected chi connectivity index (χ2v) is 1.59. The maximum Gasteiger partial charge on any atom is 0.154 e. The van der Waals surface area contributed by atoms with Gasteiger partial charge in [0.1, 0.15) is 10.2 Å². The van der Waals surface area contributed by atoms with Gasteiger partial charge in [-0.2, -0.15) is 0 Å². The van der Waals surface area contributed by atoms with E-state index in [0.717, 1.165) is 0 Å². The molecular formula is CHOSSi. The summed E-state index contributed by atoms with van der Waals surface area (Å²) in [5, 5.41) is 0. The van der Waals surface area contributed by atoms with Crippen LogP contribution in [-0.2, 0) is 0 Å². The minimum atomic E-state index is -0.333. The van der Waals surface area contributed by atoms with E-state index in [-0.39, 0.29) is 4.74 Å². The van der Waals surface area contributed by atoms with E-state index in [4.69, 9.17) is 0 Å². The Morgan fingerprint density at radius 2 is 2.00 bits per heavy atom. The highest BCUT2D eigenvalue weighted by molar-refractivity contribution is 8.00. The van der Waals surface area contributed by atoms with Gasteiger partial charge >= 0.3 is 0 Å². The van der Waals surface area contributed by atoms with Gasteiger partial charge in [0.05, 0.1) is 0 Å². The average molecular weight is 89.2 g/mol. The maximum atomic E-state index is 9.22. The van der Waals surface area contributed by atoms with Gasteiger partial charge in [-0.3, -0.25) is 4.79 Å². The van der Waals surface area contributed by atoms with Gasteiger partial charge in [-0.05, 0) is 0 Å². The Morgan fingerprint density at radius 3 is 2.00 bits per heavy atom. The molecule has 3 heteroatoms. The summed E-state index contributed by atoms with van der Waals surface area (Å²) >= 11 is 3.24. The number of carbonyl (C=O) groups excluding carboxylic acids is 1. The highest BCUT2D eigenvalue weighted by Crippen LogP contribution is 1.65. The normalized spacial score (nSPS) is 6.50. The molecule has 0 saturated heterocycles. The molecule has 0 aliphatic rings. The number of hydrogen-bond acceptors (Lipinski definition) is 1. The lowest BCUT2D eigenvalue weighted by Gasteiger charge is -1.54. The van der Waals surface area contributed by atoms with E-state index < -0.39 is 0 Å². The molecule has 0 N–H and O–H groups in total. The fourth-order valence-electron chi connectivity index (χ4n) is 0. The molecule has 0 aliphatic heterocycles. The lowest BCUT2D eigenvalue weighted by molar-refractivity contribution is 0.276. The van der Waals surface area contributed by atoms with Gasteiger partial charge in [0.25, 0.3) is 0 Å². The SMILES string of the molecule is O=C([Si])S. The summed E-state index contributed by atoms with van der Waals surface area (Å²) in [5.74, 6) is 0. The van der Waals surface area contributed by atoms with Crippen LogP contribution in [0.5, 0.6) is 0 Å². The molecule has 0 fully saturated rings. The predicted molar refractivity (Wildman–Crippen MR) is 20.1 cm³/mol. The molecule has 0 aromatic rings. The molecule has 0 heterocycles. The molecular weight excluding hydrogens is 88.2 g/mol. The van der Waals surface area contributed by atoms with Crippen LogP contribution in [0.1, 0.15) is 0 Å². The minimum Gasteiger partial charge on any atom is -0.295 e. The Hall–Kier alpha value is 0.237. The number of thiol groups is 1. The van der Waals surface area contributed by atoms with E-state index >= 15 is 0 Å². The quantitative estimate of drug-likeness (QED) is 0.331. The largest absolute Gasteiger partial charge is 0.295 e. The van der Waals surface area contributed by atoms with Crippen LogP contribution in [0.15, 0.2) is 0 Å². The van der Waals surface area contributed by atoms with Gasteiger partial charge in [-0.15, -0.1) is 12.6 Å². The van der Waals surface area contributed by atoms with Crippen LogP contribution < -0.4 is 0 Å². The zero-order chi connectivity index (χ0) is 3.58. The van der Waals surface area contributed by atoms with Crippen molar-refractivity contribution in [3.05, 3.63) is 0 Å². The first kappa shape index (κ1) is 4.24. The van der Waals surface area contributed by atoms with Crippen molar-refractivity contribution in [2.24, 2.45) is 0 Å². The minimum absolute atomic E-state index is 0.333. The van der Waals surface area contributed by atoms with Crippen LogP contribution in [0.2, 0.25) is 0 Å². The van der Waals surface area contributed by atoms with E-state index in [0.29, 0.717) is 0 Å². The van der Waals surface area contributed by atoms with Gasteiger partial charge in [-0.1, -0.05) is 0 Å². The highest BCUT2D eigenvalue weighted by Gasteiger charge is 1.65. The van der Waals surface area contributed by atoms with Crippen LogP contribution in [0.3, 0.4) is 0 Å². The van der Waals surface area contributed by atoms with E-state index in [2.05, 4.69) is 22.9 Å². The molecule has 4 heavy (non-hydrogen) atoms. The monoisotopic (exact) mass is 89.0 g/mol. The molecule has 1 nitrogen and oxygen atoms in total. The molecule has 0 aromatic carbocycles. The number of carbonyl (C=O) groups is 1. The Bertz CT molecular complexity index is 31.0. The molecule has 0 amide bonds. The average Bonchev–Trinajstić information content (AvgIpc) is 0.811. The van der Waals surface area contributed by atoms with Crippen molar-refractivity contribution >= 4 is 27.6 Å². The van der Waals surface area contributed by atoms with E-state index in [9.17, 15) is 4.79 Å². The molecule has 0 rings (SSSR count). The summed E-state index contributed by atoms with van der Waals surface area (Å²) in [6, 6.07) is 0. The molecule has 0 atom stereocenters. The van der Waals surface area contributed by atoms with Crippen LogP contribution in [-0.4, -0.2) is 15.0 Å². The second-order valence-electron chi connectivity index (χ2n) is 0.305. The first-order valence-electron chi connectivity index (χ1n) is 0.678. The Labute approximate surface area is 33.2 Å². The Balaban J connectivity index is 2.80. The summed E-state index contributed by atoms with van der Waals surface area (Å²) < 4.78 is -0.333. The smallest absolute Gasteiger partial charge is 0.154 e. The van der Waals surface area contributed by atoms with Crippen molar-refractivity contribution in [1.82, 2.24) is 0 Å². The summed E-state index contributed by atoms with van der Waals surface area (Å²) in [7, 11) is 2.54. The first-order valence-corrected chi connectivity index (χ1v) is 1.62. The van der Waals surface area contributed by atoms with Gasteiger partial charge < -0.3 is 0 Å². The van der Waals surface area contributed by atoms with Crippen LogP contribution >= 0.6 is 12.6 Å². The summed E-state index contributed by atoms with van der Waals surface area (Å²) in [6.07, 6.45) is 0. The number of rotatable bonds is 0. The summed E-state index contributed by atoms with van der Waals surface area (Å²) in [6.45, 7) is 0. The van der Waals surface area contributed by atoms with Crippen LogP contribution in [0.25, 0.3) is 0 Å². The Kier molecular flexibility index (Phi) is 1.64. The third kappa shape index (κ3) is 61.0. The van der Waals surface area contributed by atoms with Crippen molar-refractivity contribution in [2.75, 3.05) is 0 Å². The molecule has 3 radical (unpaired) electrons. The fourth-order valence-corrected chi connectivity index (χ4v) is 0. The van der Waals surface area contributed by atoms with Gasteiger partial charge in [0.15, 0.2) is 4.74 Å². The lowest BCUT2D eigenvalue weighted by Crippen LogP contribution is -1.69. The summed E-state index contributed by atoms with van der Waals surface area (Å²) in [4.78, 5) is 9.22. The van der Waals surface area contributed by atoms with E-state index in [1.165, 1.54) is 0 Å².